The standard InChI is InChI=1S/C16H21NO3/c18-16(20-10-13-4-2-1-3-5-13)17-8-6-14(7-9-17)15-11-19-12-15/h1-5,14-15H,6-12H2. The van der Waals surface area contributed by atoms with E-state index in [1.807, 2.05) is 35.2 Å². The van der Waals surface area contributed by atoms with Crippen molar-refractivity contribution in [2.24, 2.45) is 11.8 Å². The van der Waals surface area contributed by atoms with Gasteiger partial charge >= 0.3 is 6.09 Å². The molecule has 0 bridgehead atoms. The maximum absolute atomic E-state index is 12.0. The zero-order valence-electron chi connectivity index (χ0n) is 11.7. The zero-order chi connectivity index (χ0) is 13.8. The molecular weight excluding hydrogens is 254 g/mol. The Morgan fingerprint density at radius 3 is 2.45 bits per heavy atom. The fourth-order valence-electron chi connectivity index (χ4n) is 2.89. The Hall–Kier alpha value is -1.55. The third kappa shape index (κ3) is 3.12. The van der Waals surface area contributed by atoms with Crippen molar-refractivity contribution in [2.45, 2.75) is 19.4 Å². The van der Waals surface area contributed by atoms with Crippen LogP contribution < -0.4 is 0 Å². The minimum absolute atomic E-state index is 0.183. The zero-order valence-corrected chi connectivity index (χ0v) is 11.7. The highest BCUT2D eigenvalue weighted by Gasteiger charge is 2.32. The Morgan fingerprint density at radius 2 is 1.85 bits per heavy atom. The molecule has 0 aliphatic carbocycles. The molecule has 0 N–H and O–H groups in total. The van der Waals surface area contributed by atoms with Crippen LogP contribution in [0.25, 0.3) is 0 Å². The highest BCUT2D eigenvalue weighted by molar-refractivity contribution is 5.67. The quantitative estimate of drug-likeness (QED) is 0.851. The first-order valence-corrected chi connectivity index (χ1v) is 7.36. The third-order valence-electron chi connectivity index (χ3n) is 4.33. The lowest BCUT2D eigenvalue weighted by Gasteiger charge is -2.39. The van der Waals surface area contributed by atoms with Gasteiger partial charge in [0.05, 0.1) is 13.2 Å². The summed E-state index contributed by atoms with van der Waals surface area (Å²) in [5, 5.41) is 0. The molecule has 0 aromatic heterocycles. The van der Waals surface area contributed by atoms with E-state index in [0.717, 1.165) is 56.5 Å². The van der Waals surface area contributed by atoms with Crippen LogP contribution in [0.3, 0.4) is 0 Å². The van der Waals surface area contributed by atoms with Gasteiger partial charge in [-0.05, 0) is 24.3 Å². The Balaban J connectivity index is 1.42. The summed E-state index contributed by atoms with van der Waals surface area (Å²) in [5.74, 6) is 1.44. The molecule has 1 amide bonds. The number of rotatable bonds is 3. The molecule has 20 heavy (non-hydrogen) atoms. The van der Waals surface area contributed by atoms with Gasteiger partial charge in [-0.25, -0.2) is 4.79 Å². The Morgan fingerprint density at radius 1 is 1.15 bits per heavy atom. The summed E-state index contributed by atoms with van der Waals surface area (Å²) < 4.78 is 10.6. The monoisotopic (exact) mass is 275 g/mol. The molecule has 2 aliphatic heterocycles. The van der Waals surface area contributed by atoms with Gasteiger partial charge < -0.3 is 14.4 Å². The smallest absolute Gasteiger partial charge is 0.410 e. The van der Waals surface area contributed by atoms with Crippen LogP contribution in [0.4, 0.5) is 4.79 Å². The van der Waals surface area contributed by atoms with E-state index in [2.05, 4.69) is 0 Å². The summed E-state index contributed by atoms with van der Waals surface area (Å²) in [6, 6.07) is 9.80. The molecule has 0 unspecified atom stereocenters. The number of benzene rings is 1. The van der Waals surface area contributed by atoms with E-state index in [9.17, 15) is 4.79 Å². The molecule has 1 aromatic carbocycles. The second kappa shape index (κ2) is 6.27. The van der Waals surface area contributed by atoms with E-state index in [4.69, 9.17) is 9.47 Å². The first kappa shape index (κ1) is 13.4. The predicted octanol–water partition coefficient (Wildman–Crippen LogP) is 2.68. The van der Waals surface area contributed by atoms with Crippen molar-refractivity contribution in [2.75, 3.05) is 26.3 Å². The molecule has 2 heterocycles. The molecule has 2 saturated heterocycles. The summed E-state index contributed by atoms with van der Waals surface area (Å²) in [7, 11) is 0. The van der Waals surface area contributed by atoms with E-state index in [1.54, 1.807) is 0 Å². The van der Waals surface area contributed by atoms with Gasteiger partial charge in [0.2, 0.25) is 0 Å². The molecule has 108 valence electrons. The summed E-state index contributed by atoms with van der Waals surface area (Å²) in [6.45, 7) is 3.80. The number of ether oxygens (including phenoxy) is 2. The van der Waals surface area contributed by atoms with Gasteiger partial charge in [0.15, 0.2) is 0 Å². The molecule has 2 fully saturated rings. The van der Waals surface area contributed by atoms with Gasteiger partial charge in [-0.3, -0.25) is 0 Å². The molecule has 4 nitrogen and oxygen atoms in total. The number of carbonyl (C=O) groups is 1. The number of amides is 1. The van der Waals surface area contributed by atoms with E-state index >= 15 is 0 Å². The average Bonchev–Trinajstić information content (AvgIpc) is 2.45. The van der Waals surface area contributed by atoms with Crippen molar-refractivity contribution in [1.29, 1.82) is 0 Å². The van der Waals surface area contributed by atoms with Crippen LogP contribution in [-0.4, -0.2) is 37.3 Å². The van der Waals surface area contributed by atoms with Crippen LogP contribution in [0.1, 0.15) is 18.4 Å². The summed E-state index contributed by atoms with van der Waals surface area (Å²) in [4.78, 5) is 13.8. The van der Waals surface area contributed by atoms with Crippen molar-refractivity contribution >= 4 is 6.09 Å². The van der Waals surface area contributed by atoms with Crippen molar-refractivity contribution < 1.29 is 14.3 Å². The van der Waals surface area contributed by atoms with E-state index < -0.39 is 0 Å². The minimum atomic E-state index is -0.183. The molecule has 1 aromatic rings. The SMILES string of the molecule is O=C(OCc1ccccc1)N1CCC(C2COC2)CC1. The first-order chi connectivity index (χ1) is 9.83. The largest absolute Gasteiger partial charge is 0.445 e. The van der Waals surface area contributed by atoms with Crippen LogP contribution in [0.5, 0.6) is 0 Å². The van der Waals surface area contributed by atoms with Crippen molar-refractivity contribution in [3.05, 3.63) is 35.9 Å². The van der Waals surface area contributed by atoms with Gasteiger partial charge in [-0.1, -0.05) is 30.3 Å². The second-order valence-electron chi connectivity index (χ2n) is 5.66. The number of hydrogen-bond donors (Lipinski definition) is 0. The lowest BCUT2D eigenvalue weighted by atomic mass is 9.83. The van der Waals surface area contributed by atoms with E-state index in [0.29, 0.717) is 6.61 Å². The van der Waals surface area contributed by atoms with Crippen molar-refractivity contribution in [1.82, 2.24) is 4.90 Å². The summed E-state index contributed by atoms with van der Waals surface area (Å²) in [6.07, 6.45) is 1.97. The highest BCUT2D eigenvalue weighted by atomic mass is 16.6. The highest BCUT2D eigenvalue weighted by Crippen LogP contribution is 2.30. The molecule has 0 spiro atoms. The number of piperidine rings is 1. The Labute approximate surface area is 119 Å². The maximum Gasteiger partial charge on any atom is 0.410 e. The lowest BCUT2D eigenvalue weighted by Crippen LogP contribution is -2.44. The van der Waals surface area contributed by atoms with E-state index in [-0.39, 0.29) is 6.09 Å². The number of carbonyl (C=O) groups excluding carboxylic acids is 1. The van der Waals surface area contributed by atoms with Gasteiger partial charge in [-0.15, -0.1) is 0 Å². The molecule has 3 rings (SSSR count). The summed E-state index contributed by atoms with van der Waals surface area (Å²) >= 11 is 0. The van der Waals surface area contributed by atoms with Gasteiger partial charge in [0.25, 0.3) is 0 Å². The second-order valence-corrected chi connectivity index (χ2v) is 5.66. The number of likely N-dealkylation sites (tertiary alicyclic amines) is 1. The third-order valence-corrected chi connectivity index (χ3v) is 4.33. The Bertz CT molecular complexity index is 436. The van der Waals surface area contributed by atoms with E-state index in [1.165, 1.54) is 0 Å². The summed E-state index contributed by atoms with van der Waals surface area (Å²) in [5.41, 5.74) is 1.03. The fraction of sp³-hybridized carbons (Fsp3) is 0.562. The molecule has 0 radical (unpaired) electrons. The topological polar surface area (TPSA) is 38.8 Å². The normalized spacial score (nSPS) is 20.5. The average molecular weight is 275 g/mol. The number of nitrogens with zero attached hydrogens (tertiary/aromatic N) is 1. The van der Waals surface area contributed by atoms with Crippen LogP contribution in [-0.2, 0) is 16.1 Å². The van der Waals surface area contributed by atoms with Crippen LogP contribution >= 0.6 is 0 Å². The maximum atomic E-state index is 12.0. The minimum Gasteiger partial charge on any atom is -0.445 e. The first-order valence-electron chi connectivity index (χ1n) is 7.36. The van der Waals surface area contributed by atoms with Crippen LogP contribution in [0, 0.1) is 11.8 Å². The molecule has 4 heteroatoms. The lowest BCUT2D eigenvalue weighted by molar-refractivity contribution is -0.0715. The van der Waals surface area contributed by atoms with Gasteiger partial charge in [0.1, 0.15) is 6.61 Å². The molecule has 0 atom stereocenters. The predicted molar refractivity (Wildman–Crippen MR) is 75.2 cm³/mol. The van der Waals surface area contributed by atoms with Gasteiger partial charge in [-0.2, -0.15) is 0 Å². The van der Waals surface area contributed by atoms with Gasteiger partial charge in [0, 0.05) is 19.0 Å². The number of hydrogen-bond acceptors (Lipinski definition) is 3. The molecule has 0 saturated carbocycles. The molecular formula is C16H21NO3. The van der Waals surface area contributed by atoms with Crippen molar-refractivity contribution in [3.63, 3.8) is 0 Å². The Kier molecular flexibility index (Phi) is 4.21. The van der Waals surface area contributed by atoms with Crippen LogP contribution in [0.15, 0.2) is 30.3 Å². The fourth-order valence-corrected chi connectivity index (χ4v) is 2.89. The van der Waals surface area contributed by atoms with Crippen molar-refractivity contribution in [3.8, 4) is 0 Å². The molecule has 2 aliphatic rings. The van der Waals surface area contributed by atoms with Crippen LogP contribution in [0.2, 0.25) is 0 Å².